The van der Waals surface area contributed by atoms with Gasteiger partial charge in [-0.3, -0.25) is 4.68 Å². The fourth-order valence-corrected chi connectivity index (χ4v) is 1.20. The quantitative estimate of drug-likeness (QED) is 0.704. The first kappa shape index (κ1) is 9.83. The molecule has 70 valence electrons. The van der Waals surface area contributed by atoms with E-state index in [4.69, 9.17) is 5.90 Å². The molecule has 0 bridgehead atoms. The van der Waals surface area contributed by atoms with Crippen molar-refractivity contribution in [2.75, 3.05) is 0 Å². The van der Waals surface area contributed by atoms with Gasteiger partial charge in [0.05, 0.1) is 11.7 Å². The summed E-state index contributed by atoms with van der Waals surface area (Å²) < 4.78 is 1.78. The van der Waals surface area contributed by atoms with Gasteiger partial charge < -0.3 is 4.84 Å². The summed E-state index contributed by atoms with van der Waals surface area (Å²) in [5.74, 6) is 5.67. The molecule has 0 spiro atoms. The van der Waals surface area contributed by atoms with Crippen LogP contribution in [0.3, 0.4) is 0 Å². The van der Waals surface area contributed by atoms with E-state index in [9.17, 15) is 0 Å². The van der Waals surface area contributed by atoms with Crippen LogP contribution >= 0.6 is 12.4 Å². The van der Waals surface area contributed by atoms with Crippen molar-refractivity contribution in [3.05, 3.63) is 24.4 Å². The van der Waals surface area contributed by atoms with Gasteiger partial charge >= 0.3 is 0 Å². The molecule has 4 nitrogen and oxygen atoms in total. The molecule has 5 heteroatoms. The van der Waals surface area contributed by atoms with Gasteiger partial charge in [-0.2, -0.15) is 11.0 Å². The lowest BCUT2D eigenvalue weighted by molar-refractivity contribution is 0.335. The third-order valence-corrected chi connectivity index (χ3v) is 1.86. The topological polar surface area (TPSA) is 53.1 Å². The van der Waals surface area contributed by atoms with Gasteiger partial charge in [-0.15, -0.1) is 12.4 Å². The maximum absolute atomic E-state index is 5.03. The van der Waals surface area contributed by atoms with Gasteiger partial charge in [-0.25, -0.2) is 0 Å². The Balaban J connectivity index is 0.000000845. The third-order valence-electron chi connectivity index (χ3n) is 1.86. The van der Waals surface area contributed by atoms with Gasteiger partial charge in [0, 0.05) is 18.5 Å². The molecule has 0 fully saturated rings. The van der Waals surface area contributed by atoms with Crippen LogP contribution in [0, 0.1) is 0 Å². The number of aryl methyl sites for hydroxylation is 1. The van der Waals surface area contributed by atoms with Crippen molar-refractivity contribution >= 4 is 23.3 Å². The summed E-state index contributed by atoms with van der Waals surface area (Å²) in [5.41, 5.74) is 1.01. The van der Waals surface area contributed by atoms with E-state index < -0.39 is 0 Å². The molecule has 0 saturated carbocycles. The highest BCUT2D eigenvalue weighted by molar-refractivity contribution is 5.85. The number of halogens is 1. The summed E-state index contributed by atoms with van der Waals surface area (Å²) >= 11 is 0. The Hall–Kier alpha value is -1.26. The summed E-state index contributed by atoms with van der Waals surface area (Å²) in [6.07, 6.45) is 1.80. The molecule has 0 unspecified atom stereocenters. The molecular weight excluding hydrogens is 190 g/mol. The molecule has 2 N–H and O–H groups in total. The van der Waals surface area contributed by atoms with Crippen LogP contribution in [0.15, 0.2) is 24.4 Å². The van der Waals surface area contributed by atoms with Crippen LogP contribution in [0.2, 0.25) is 0 Å². The number of fused-ring (bicyclic) bond motifs is 1. The van der Waals surface area contributed by atoms with Crippen molar-refractivity contribution in [3.8, 4) is 5.75 Å². The van der Waals surface area contributed by atoms with Crippen LogP contribution in [0.1, 0.15) is 0 Å². The molecule has 2 rings (SSSR count). The van der Waals surface area contributed by atoms with Gasteiger partial charge in [0.2, 0.25) is 0 Å². The van der Waals surface area contributed by atoms with Gasteiger partial charge in [0.1, 0.15) is 5.75 Å². The van der Waals surface area contributed by atoms with Gasteiger partial charge in [-0.05, 0) is 12.1 Å². The summed E-state index contributed by atoms with van der Waals surface area (Å²) in [7, 11) is 1.88. The van der Waals surface area contributed by atoms with Gasteiger partial charge in [-0.1, -0.05) is 0 Å². The zero-order chi connectivity index (χ0) is 8.55. The molecule has 1 heterocycles. The Morgan fingerprint density at radius 1 is 1.46 bits per heavy atom. The maximum Gasteiger partial charge on any atom is 0.149 e. The molecule has 0 radical (unpaired) electrons. The lowest BCUT2D eigenvalue weighted by Gasteiger charge is -1.98. The first-order valence-electron chi connectivity index (χ1n) is 3.60. The fourth-order valence-electron chi connectivity index (χ4n) is 1.20. The average molecular weight is 200 g/mol. The first-order chi connectivity index (χ1) is 5.81. The van der Waals surface area contributed by atoms with Crippen molar-refractivity contribution in [2.24, 2.45) is 12.9 Å². The minimum Gasteiger partial charge on any atom is -0.411 e. The van der Waals surface area contributed by atoms with Crippen LogP contribution in [-0.4, -0.2) is 9.78 Å². The second-order valence-corrected chi connectivity index (χ2v) is 2.61. The smallest absolute Gasteiger partial charge is 0.149 e. The Labute approximate surface area is 81.6 Å². The molecule has 0 amide bonds. The lowest BCUT2D eigenvalue weighted by Crippen LogP contribution is -2.01. The van der Waals surface area contributed by atoms with Crippen molar-refractivity contribution in [3.63, 3.8) is 0 Å². The van der Waals surface area contributed by atoms with E-state index in [1.807, 2.05) is 25.2 Å². The molecule has 13 heavy (non-hydrogen) atoms. The number of benzene rings is 1. The maximum atomic E-state index is 5.03. The Kier molecular flexibility index (Phi) is 2.75. The molecule has 0 atom stereocenters. The summed E-state index contributed by atoms with van der Waals surface area (Å²) in [5, 5.41) is 5.17. The average Bonchev–Trinajstić information content (AvgIpc) is 2.47. The van der Waals surface area contributed by atoms with E-state index in [2.05, 4.69) is 9.94 Å². The van der Waals surface area contributed by atoms with E-state index in [1.165, 1.54) is 0 Å². The molecule has 0 aliphatic heterocycles. The standard InChI is InChI=1S/C8H9N3O.ClH/c1-11-8-4-7(12-9)3-2-6(8)5-10-11;/h2-5H,9H2,1H3;1H. The predicted molar refractivity (Wildman–Crippen MR) is 52.8 cm³/mol. The molecule has 1 aromatic heterocycles. The van der Waals surface area contributed by atoms with Crippen molar-refractivity contribution in [1.82, 2.24) is 9.78 Å². The predicted octanol–water partition coefficient (Wildman–Crippen LogP) is 1.25. The van der Waals surface area contributed by atoms with Crippen molar-refractivity contribution in [2.45, 2.75) is 0 Å². The number of rotatable bonds is 1. The zero-order valence-electron chi connectivity index (χ0n) is 7.10. The zero-order valence-corrected chi connectivity index (χ0v) is 7.91. The van der Waals surface area contributed by atoms with Crippen LogP contribution in [0.5, 0.6) is 5.75 Å². The molecular formula is C8H10ClN3O. The Morgan fingerprint density at radius 3 is 2.92 bits per heavy atom. The van der Waals surface area contributed by atoms with E-state index in [1.54, 1.807) is 10.9 Å². The van der Waals surface area contributed by atoms with Crippen LogP contribution in [0.4, 0.5) is 0 Å². The monoisotopic (exact) mass is 199 g/mol. The van der Waals surface area contributed by atoms with Crippen molar-refractivity contribution in [1.29, 1.82) is 0 Å². The number of hydrogen-bond donors (Lipinski definition) is 1. The summed E-state index contributed by atoms with van der Waals surface area (Å²) in [6.45, 7) is 0. The minimum absolute atomic E-state index is 0. The summed E-state index contributed by atoms with van der Waals surface area (Å²) in [6, 6.07) is 5.58. The van der Waals surface area contributed by atoms with Gasteiger partial charge in [0.15, 0.2) is 0 Å². The molecule has 1 aromatic carbocycles. The third kappa shape index (κ3) is 1.59. The number of nitrogens with two attached hydrogens (primary N) is 1. The summed E-state index contributed by atoms with van der Waals surface area (Å²) in [4.78, 5) is 4.61. The van der Waals surface area contributed by atoms with E-state index in [-0.39, 0.29) is 12.4 Å². The van der Waals surface area contributed by atoms with Gasteiger partial charge in [0.25, 0.3) is 0 Å². The SMILES string of the molecule is Cl.Cn1ncc2ccc(ON)cc21. The Morgan fingerprint density at radius 2 is 2.23 bits per heavy atom. The minimum atomic E-state index is 0. The number of nitrogens with zero attached hydrogens (tertiary/aromatic N) is 2. The largest absolute Gasteiger partial charge is 0.411 e. The van der Waals surface area contributed by atoms with Crippen LogP contribution in [-0.2, 0) is 7.05 Å². The normalized spacial score (nSPS) is 9.69. The lowest BCUT2D eigenvalue weighted by atomic mass is 10.2. The highest BCUT2D eigenvalue weighted by atomic mass is 35.5. The molecule has 0 saturated heterocycles. The first-order valence-corrected chi connectivity index (χ1v) is 3.60. The van der Waals surface area contributed by atoms with Crippen LogP contribution in [0.25, 0.3) is 10.9 Å². The van der Waals surface area contributed by atoms with Crippen molar-refractivity contribution < 1.29 is 4.84 Å². The molecule has 0 aliphatic rings. The highest BCUT2D eigenvalue weighted by Crippen LogP contribution is 2.18. The fraction of sp³-hybridized carbons (Fsp3) is 0.125. The molecule has 0 aliphatic carbocycles. The number of aromatic nitrogens is 2. The van der Waals surface area contributed by atoms with E-state index in [0.29, 0.717) is 5.75 Å². The highest BCUT2D eigenvalue weighted by Gasteiger charge is 2.00. The van der Waals surface area contributed by atoms with Crippen LogP contribution < -0.4 is 10.7 Å². The second kappa shape index (κ2) is 3.64. The second-order valence-electron chi connectivity index (χ2n) is 2.61. The number of hydrogen-bond acceptors (Lipinski definition) is 3. The van der Waals surface area contributed by atoms with E-state index >= 15 is 0 Å². The Bertz CT molecular complexity index is 413. The van der Waals surface area contributed by atoms with E-state index in [0.717, 1.165) is 10.9 Å². The molecule has 2 aromatic rings.